The Morgan fingerprint density at radius 1 is 1.57 bits per heavy atom. The molecule has 1 saturated carbocycles. The van der Waals surface area contributed by atoms with Gasteiger partial charge < -0.3 is 9.26 Å². The highest BCUT2D eigenvalue weighted by Gasteiger charge is 2.20. The van der Waals surface area contributed by atoms with Gasteiger partial charge in [-0.1, -0.05) is 5.16 Å². The van der Waals surface area contributed by atoms with Crippen molar-refractivity contribution in [3.8, 4) is 0 Å². The van der Waals surface area contributed by atoms with E-state index in [9.17, 15) is 4.39 Å². The summed E-state index contributed by atoms with van der Waals surface area (Å²) in [5, 5.41) is 3.58. The summed E-state index contributed by atoms with van der Waals surface area (Å²) >= 11 is 0. The van der Waals surface area contributed by atoms with Gasteiger partial charge in [0.05, 0.1) is 0 Å². The van der Waals surface area contributed by atoms with E-state index in [4.69, 9.17) is 9.26 Å². The smallest absolute Gasteiger partial charge is 0.286 e. The van der Waals surface area contributed by atoms with E-state index in [2.05, 4.69) is 10.1 Å². The monoisotopic (exact) mass is 198 g/mol. The molecule has 2 rings (SSSR count). The lowest BCUT2D eigenvalue weighted by Crippen LogP contribution is -1.99. The van der Waals surface area contributed by atoms with E-state index in [0.29, 0.717) is 5.82 Å². The molecule has 1 aliphatic carbocycles. The van der Waals surface area contributed by atoms with Gasteiger partial charge in [-0.2, -0.15) is 4.98 Å². The van der Waals surface area contributed by atoms with Crippen molar-refractivity contribution in [1.29, 1.82) is 0 Å². The number of ether oxygens (including phenoxy) is 1. The highest BCUT2D eigenvalue weighted by atomic mass is 19.1. The molecule has 0 N–H and O–H groups in total. The molecular formula is C9H11FN2O2. The Morgan fingerprint density at radius 3 is 2.93 bits per heavy atom. The van der Waals surface area contributed by atoms with Crippen LogP contribution in [0.2, 0.25) is 0 Å². The predicted octanol–water partition coefficient (Wildman–Crippen LogP) is 2.08. The second-order valence-corrected chi connectivity index (χ2v) is 3.22. The maximum Gasteiger partial charge on any atom is 0.286 e. The maximum absolute atomic E-state index is 13.5. The Labute approximate surface area is 80.8 Å². The van der Waals surface area contributed by atoms with Gasteiger partial charge in [0.25, 0.3) is 5.89 Å². The molecule has 1 fully saturated rings. The van der Waals surface area contributed by atoms with Gasteiger partial charge in [-0.15, -0.1) is 0 Å². The largest absolute Gasteiger partial charge is 0.377 e. The molecule has 0 spiro atoms. The van der Waals surface area contributed by atoms with Crippen molar-refractivity contribution in [3.05, 3.63) is 17.3 Å². The van der Waals surface area contributed by atoms with Crippen LogP contribution in [0.25, 0.3) is 5.83 Å². The van der Waals surface area contributed by atoms with Crippen molar-refractivity contribution in [2.24, 2.45) is 0 Å². The summed E-state index contributed by atoms with van der Waals surface area (Å²) in [5.74, 6) is -0.00423. The summed E-state index contributed by atoms with van der Waals surface area (Å²) in [6, 6.07) is 0. The molecule has 0 aromatic carbocycles. The topological polar surface area (TPSA) is 48.2 Å². The Kier molecular flexibility index (Phi) is 2.58. The number of hydrogen-bond acceptors (Lipinski definition) is 4. The summed E-state index contributed by atoms with van der Waals surface area (Å²) in [5.41, 5.74) is 0.776. The van der Waals surface area contributed by atoms with Crippen LogP contribution in [0.15, 0.2) is 10.1 Å². The molecule has 0 radical (unpaired) electrons. The quantitative estimate of drug-likeness (QED) is 0.746. The summed E-state index contributed by atoms with van der Waals surface area (Å²) in [4.78, 5) is 3.87. The van der Waals surface area contributed by atoms with E-state index in [0.717, 1.165) is 24.8 Å². The Morgan fingerprint density at radius 2 is 2.36 bits per heavy atom. The van der Waals surface area contributed by atoms with Crippen LogP contribution in [-0.4, -0.2) is 17.3 Å². The SMILES string of the molecule is COCc1noc(C(F)=C2CCC2)n1. The van der Waals surface area contributed by atoms with Crippen LogP contribution < -0.4 is 0 Å². The van der Waals surface area contributed by atoms with Gasteiger partial charge in [-0.3, -0.25) is 0 Å². The average Bonchev–Trinajstić information content (AvgIpc) is 2.50. The van der Waals surface area contributed by atoms with Crippen molar-refractivity contribution in [3.63, 3.8) is 0 Å². The van der Waals surface area contributed by atoms with Crippen LogP contribution >= 0.6 is 0 Å². The molecule has 5 heteroatoms. The van der Waals surface area contributed by atoms with E-state index >= 15 is 0 Å². The lowest BCUT2D eigenvalue weighted by atomic mass is 9.91. The fraction of sp³-hybridized carbons (Fsp3) is 0.556. The lowest BCUT2D eigenvalue weighted by molar-refractivity contribution is 0.174. The normalized spacial score (nSPS) is 15.4. The van der Waals surface area contributed by atoms with Crippen molar-refractivity contribution >= 4 is 5.83 Å². The standard InChI is InChI=1S/C9H11FN2O2/c1-13-5-7-11-9(14-12-7)8(10)6-3-2-4-6/h2-5H2,1H3. The molecule has 4 nitrogen and oxygen atoms in total. The molecular weight excluding hydrogens is 187 g/mol. The highest BCUT2D eigenvalue weighted by molar-refractivity contribution is 5.56. The summed E-state index contributed by atoms with van der Waals surface area (Å²) in [6.45, 7) is 0.242. The summed E-state index contributed by atoms with van der Waals surface area (Å²) in [7, 11) is 1.52. The first kappa shape index (κ1) is 9.33. The third kappa shape index (κ3) is 1.68. The van der Waals surface area contributed by atoms with E-state index < -0.39 is 0 Å². The lowest BCUT2D eigenvalue weighted by Gasteiger charge is -2.15. The number of halogens is 1. The minimum atomic E-state index is -0.355. The number of aromatic nitrogens is 2. The number of hydrogen-bond donors (Lipinski definition) is 0. The molecule has 1 aromatic heterocycles. The van der Waals surface area contributed by atoms with Gasteiger partial charge >= 0.3 is 0 Å². The van der Waals surface area contributed by atoms with Crippen molar-refractivity contribution in [1.82, 2.24) is 10.1 Å². The van der Waals surface area contributed by atoms with Crippen LogP contribution in [0.5, 0.6) is 0 Å². The molecule has 76 valence electrons. The van der Waals surface area contributed by atoms with Gasteiger partial charge in [-0.25, -0.2) is 4.39 Å². The molecule has 1 aromatic rings. The zero-order chi connectivity index (χ0) is 9.97. The molecule has 0 atom stereocenters. The fourth-order valence-corrected chi connectivity index (χ4v) is 1.26. The number of nitrogens with zero attached hydrogens (tertiary/aromatic N) is 2. The first-order chi connectivity index (χ1) is 6.81. The molecule has 0 amide bonds. The van der Waals surface area contributed by atoms with Gasteiger partial charge in [0.2, 0.25) is 0 Å². The third-order valence-corrected chi connectivity index (χ3v) is 2.20. The van der Waals surface area contributed by atoms with Crippen LogP contribution in [-0.2, 0) is 11.3 Å². The first-order valence-corrected chi connectivity index (χ1v) is 4.50. The average molecular weight is 198 g/mol. The third-order valence-electron chi connectivity index (χ3n) is 2.20. The maximum atomic E-state index is 13.5. The van der Waals surface area contributed by atoms with Crippen LogP contribution in [0.4, 0.5) is 4.39 Å². The molecule has 1 aliphatic rings. The Balaban J connectivity index is 2.16. The van der Waals surface area contributed by atoms with E-state index in [-0.39, 0.29) is 18.3 Å². The second-order valence-electron chi connectivity index (χ2n) is 3.22. The summed E-state index contributed by atoms with van der Waals surface area (Å²) < 4.78 is 23.0. The zero-order valence-electron chi connectivity index (χ0n) is 7.92. The molecule has 0 unspecified atom stereocenters. The molecule has 14 heavy (non-hydrogen) atoms. The molecule has 0 bridgehead atoms. The Hall–Kier alpha value is -1.23. The molecule has 0 saturated heterocycles. The molecule has 1 heterocycles. The van der Waals surface area contributed by atoms with Crippen molar-refractivity contribution in [2.45, 2.75) is 25.9 Å². The van der Waals surface area contributed by atoms with Gasteiger partial charge in [0.1, 0.15) is 6.61 Å². The van der Waals surface area contributed by atoms with Gasteiger partial charge in [-0.05, 0) is 24.8 Å². The molecule has 0 aliphatic heterocycles. The van der Waals surface area contributed by atoms with E-state index in [1.54, 1.807) is 0 Å². The van der Waals surface area contributed by atoms with Gasteiger partial charge in [0.15, 0.2) is 11.7 Å². The predicted molar refractivity (Wildman–Crippen MR) is 46.9 cm³/mol. The summed E-state index contributed by atoms with van der Waals surface area (Å²) in [6.07, 6.45) is 2.64. The first-order valence-electron chi connectivity index (χ1n) is 4.50. The van der Waals surface area contributed by atoms with Crippen molar-refractivity contribution < 1.29 is 13.7 Å². The highest BCUT2D eigenvalue weighted by Crippen LogP contribution is 2.33. The van der Waals surface area contributed by atoms with E-state index in [1.165, 1.54) is 7.11 Å². The number of rotatable bonds is 3. The van der Waals surface area contributed by atoms with Crippen LogP contribution in [0.3, 0.4) is 0 Å². The minimum absolute atomic E-state index is 0.0215. The fourth-order valence-electron chi connectivity index (χ4n) is 1.26. The van der Waals surface area contributed by atoms with E-state index in [1.807, 2.05) is 0 Å². The number of allylic oxidation sites excluding steroid dienone is 1. The van der Waals surface area contributed by atoms with Gasteiger partial charge in [0, 0.05) is 7.11 Å². The van der Waals surface area contributed by atoms with Crippen molar-refractivity contribution in [2.75, 3.05) is 7.11 Å². The number of methoxy groups -OCH3 is 1. The second kappa shape index (κ2) is 3.88. The minimum Gasteiger partial charge on any atom is -0.377 e. The Bertz CT molecular complexity index is 353. The van der Waals surface area contributed by atoms with Crippen LogP contribution in [0, 0.1) is 0 Å². The van der Waals surface area contributed by atoms with Crippen LogP contribution in [0.1, 0.15) is 31.0 Å². The zero-order valence-corrected chi connectivity index (χ0v) is 7.92.